The van der Waals surface area contributed by atoms with E-state index in [0.29, 0.717) is 11.6 Å². The minimum absolute atomic E-state index is 0.0375. The normalized spacial score (nSPS) is 19.9. The molecule has 1 heterocycles. The first-order valence-electron chi connectivity index (χ1n) is 6.99. The van der Waals surface area contributed by atoms with E-state index in [1.54, 1.807) is 23.1 Å². The Balaban J connectivity index is 1.96. The third-order valence-electron chi connectivity index (χ3n) is 3.69. The maximum atomic E-state index is 12.9. The largest absolute Gasteiger partial charge is 0.336 e. The van der Waals surface area contributed by atoms with E-state index in [1.165, 1.54) is 4.90 Å². The molecule has 22 heavy (non-hydrogen) atoms. The third-order valence-corrected chi connectivity index (χ3v) is 4.11. The SMILES string of the molecule is CC1CN(C(=O)C(F)Cl)CCN1C(=O)Cc1cccc(Cl)c1. The number of nitrogens with zero attached hydrogens (tertiary/aromatic N) is 2. The Morgan fingerprint density at radius 3 is 2.73 bits per heavy atom. The highest BCUT2D eigenvalue weighted by Crippen LogP contribution is 2.16. The molecule has 0 N–H and O–H groups in total. The molecule has 0 spiro atoms. The van der Waals surface area contributed by atoms with E-state index in [-0.39, 0.29) is 31.5 Å². The molecule has 7 heteroatoms. The van der Waals surface area contributed by atoms with Gasteiger partial charge in [0, 0.05) is 30.7 Å². The summed E-state index contributed by atoms with van der Waals surface area (Å²) < 4.78 is 12.9. The molecule has 4 nitrogen and oxygen atoms in total. The molecule has 0 saturated carbocycles. The maximum Gasteiger partial charge on any atom is 0.272 e. The molecule has 2 rings (SSSR count). The highest BCUT2D eigenvalue weighted by Gasteiger charge is 2.31. The number of carbonyl (C=O) groups excluding carboxylic acids is 2. The molecule has 1 aromatic carbocycles. The van der Waals surface area contributed by atoms with Gasteiger partial charge >= 0.3 is 0 Å². The summed E-state index contributed by atoms with van der Waals surface area (Å²) in [4.78, 5) is 27.0. The van der Waals surface area contributed by atoms with Crippen LogP contribution in [0, 0.1) is 0 Å². The zero-order valence-electron chi connectivity index (χ0n) is 12.1. The Morgan fingerprint density at radius 1 is 1.41 bits per heavy atom. The molecule has 0 aromatic heterocycles. The number of alkyl halides is 2. The van der Waals surface area contributed by atoms with Gasteiger partial charge in [-0.3, -0.25) is 9.59 Å². The van der Waals surface area contributed by atoms with Gasteiger partial charge in [-0.05, 0) is 24.6 Å². The van der Waals surface area contributed by atoms with Crippen LogP contribution in [0.5, 0.6) is 0 Å². The van der Waals surface area contributed by atoms with Crippen LogP contribution in [0.1, 0.15) is 12.5 Å². The number of piperazine rings is 1. The summed E-state index contributed by atoms with van der Waals surface area (Å²) in [5.74, 6) is -0.778. The lowest BCUT2D eigenvalue weighted by molar-refractivity contribution is -0.143. The first-order valence-corrected chi connectivity index (χ1v) is 7.80. The number of hydrogen-bond donors (Lipinski definition) is 0. The van der Waals surface area contributed by atoms with Gasteiger partial charge in [-0.15, -0.1) is 0 Å². The van der Waals surface area contributed by atoms with Crippen molar-refractivity contribution in [3.05, 3.63) is 34.9 Å². The molecule has 2 amide bonds. The maximum absolute atomic E-state index is 12.9. The average Bonchev–Trinajstić information content (AvgIpc) is 2.46. The van der Waals surface area contributed by atoms with Gasteiger partial charge in [-0.25, -0.2) is 4.39 Å². The predicted molar refractivity (Wildman–Crippen MR) is 83.7 cm³/mol. The zero-order chi connectivity index (χ0) is 16.3. The first kappa shape index (κ1) is 17.0. The lowest BCUT2D eigenvalue weighted by Crippen LogP contribution is -2.56. The van der Waals surface area contributed by atoms with Crippen LogP contribution in [-0.4, -0.2) is 52.9 Å². The van der Waals surface area contributed by atoms with E-state index < -0.39 is 11.5 Å². The highest BCUT2D eigenvalue weighted by molar-refractivity contribution is 6.30. The monoisotopic (exact) mass is 346 g/mol. The molecule has 1 saturated heterocycles. The molecule has 0 bridgehead atoms. The van der Waals surface area contributed by atoms with Gasteiger partial charge in [-0.2, -0.15) is 0 Å². The molecule has 1 fully saturated rings. The Labute approximate surface area is 138 Å². The van der Waals surface area contributed by atoms with Crippen LogP contribution in [0.15, 0.2) is 24.3 Å². The van der Waals surface area contributed by atoms with Gasteiger partial charge < -0.3 is 9.80 Å². The smallest absolute Gasteiger partial charge is 0.272 e. The summed E-state index contributed by atoms with van der Waals surface area (Å²) in [6.07, 6.45) is 0.250. The number of carbonyl (C=O) groups is 2. The van der Waals surface area contributed by atoms with Crippen LogP contribution < -0.4 is 0 Å². The topological polar surface area (TPSA) is 40.6 Å². The Hall–Kier alpha value is -1.33. The first-order chi connectivity index (χ1) is 10.4. The molecule has 2 atom stereocenters. The van der Waals surface area contributed by atoms with Gasteiger partial charge in [-0.1, -0.05) is 35.3 Å². The standard InChI is InChI=1S/C15H17Cl2FN2O2/c1-10-9-19(15(22)14(17)18)5-6-20(10)13(21)8-11-3-2-4-12(16)7-11/h2-4,7,10,14H,5-6,8-9H2,1H3. The van der Waals surface area contributed by atoms with Gasteiger partial charge in [0.25, 0.3) is 11.5 Å². The van der Waals surface area contributed by atoms with E-state index in [9.17, 15) is 14.0 Å². The Morgan fingerprint density at radius 2 is 2.14 bits per heavy atom. The van der Waals surface area contributed by atoms with Gasteiger partial charge in [0.1, 0.15) is 0 Å². The van der Waals surface area contributed by atoms with Crippen LogP contribution in [-0.2, 0) is 16.0 Å². The van der Waals surface area contributed by atoms with E-state index in [0.717, 1.165) is 5.56 Å². The third kappa shape index (κ3) is 4.11. The van der Waals surface area contributed by atoms with Crippen molar-refractivity contribution in [1.82, 2.24) is 9.80 Å². The van der Waals surface area contributed by atoms with Crippen molar-refractivity contribution in [2.45, 2.75) is 25.0 Å². The number of benzene rings is 1. The molecule has 120 valence electrons. The fourth-order valence-electron chi connectivity index (χ4n) is 2.59. The lowest BCUT2D eigenvalue weighted by Gasteiger charge is -2.40. The summed E-state index contributed by atoms with van der Waals surface area (Å²) in [6, 6.07) is 6.97. The van der Waals surface area contributed by atoms with Gasteiger partial charge in [0.2, 0.25) is 5.91 Å². The lowest BCUT2D eigenvalue weighted by atomic mass is 10.1. The number of halogens is 3. The van der Waals surface area contributed by atoms with Crippen molar-refractivity contribution in [3.8, 4) is 0 Å². The number of amides is 2. The van der Waals surface area contributed by atoms with Crippen LogP contribution in [0.3, 0.4) is 0 Å². The fourth-order valence-corrected chi connectivity index (χ4v) is 2.94. The molecular weight excluding hydrogens is 330 g/mol. The van der Waals surface area contributed by atoms with E-state index >= 15 is 0 Å². The summed E-state index contributed by atoms with van der Waals surface area (Å²) in [5, 5.41) is 0.588. The number of hydrogen-bond acceptors (Lipinski definition) is 2. The van der Waals surface area contributed by atoms with Crippen LogP contribution in [0.4, 0.5) is 4.39 Å². The minimum atomic E-state index is -2.03. The Bertz CT molecular complexity index is 568. The average molecular weight is 347 g/mol. The van der Waals surface area contributed by atoms with Crippen molar-refractivity contribution in [1.29, 1.82) is 0 Å². The van der Waals surface area contributed by atoms with Crippen LogP contribution in [0.25, 0.3) is 0 Å². The molecule has 1 aliphatic rings. The Kier molecular flexibility index (Phi) is 5.64. The van der Waals surface area contributed by atoms with Crippen molar-refractivity contribution in [2.75, 3.05) is 19.6 Å². The minimum Gasteiger partial charge on any atom is -0.336 e. The van der Waals surface area contributed by atoms with Crippen LogP contribution >= 0.6 is 23.2 Å². The zero-order valence-corrected chi connectivity index (χ0v) is 13.6. The van der Waals surface area contributed by atoms with E-state index in [2.05, 4.69) is 0 Å². The van der Waals surface area contributed by atoms with Gasteiger partial charge in [0.05, 0.1) is 6.42 Å². The second-order valence-corrected chi connectivity index (χ2v) is 6.15. The molecule has 0 aliphatic carbocycles. The van der Waals surface area contributed by atoms with Crippen molar-refractivity contribution in [3.63, 3.8) is 0 Å². The second kappa shape index (κ2) is 7.29. The summed E-state index contributed by atoms with van der Waals surface area (Å²) in [7, 11) is 0. The fraction of sp³-hybridized carbons (Fsp3) is 0.467. The van der Waals surface area contributed by atoms with Crippen molar-refractivity contribution in [2.24, 2.45) is 0 Å². The highest BCUT2D eigenvalue weighted by atomic mass is 35.5. The molecular formula is C15H17Cl2FN2O2. The van der Waals surface area contributed by atoms with Crippen LogP contribution in [0.2, 0.25) is 5.02 Å². The number of rotatable bonds is 3. The van der Waals surface area contributed by atoms with Gasteiger partial charge in [0.15, 0.2) is 0 Å². The molecule has 2 unspecified atom stereocenters. The summed E-state index contributed by atoms with van der Waals surface area (Å²) >= 11 is 11.1. The molecule has 0 radical (unpaired) electrons. The predicted octanol–water partition coefficient (Wildman–Crippen LogP) is 2.48. The second-order valence-electron chi connectivity index (χ2n) is 5.33. The quantitative estimate of drug-likeness (QED) is 0.789. The van der Waals surface area contributed by atoms with Crippen molar-refractivity contribution < 1.29 is 14.0 Å². The molecule has 1 aromatic rings. The summed E-state index contributed by atoms with van der Waals surface area (Å²) in [5.41, 5.74) is -1.19. The van der Waals surface area contributed by atoms with E-state index in [1.807, 2.05) is 13.0 Å². The summed E-state index contributed by atoms with van der Waals surface area (Å²) in [6.45, 7) is 2.78. The molecule has 1 aliphatic heterocycles. The van der Waals surface area contributed by atoms with Crippen molar-refractivity contribution >= 4 is 35.0 Å². The van der Waals surface area contributed by atoms with E-state index in [4.69, 9.17) is 23.2 Å².